The van der Waals surface area contributed by atoms with Crippen LogP contribution in [0.5, 0.6) is 0 Å². The molecule has 0 atom stereocenters. The lowest BCUT2D eigenvalue weighted by molar-refractivity contribution is 0.413. The van der Waals surface area contributed by atoms with Crippen molar-refractivity contribution in [2.45, 2.75) is 12.8 Å². The fourth-order valence-electron chi connectivity index (χ4n) is 2.19. The van der Waals surface area contributed by atoms with Crippen LogP contribution in [0.15, 0.2) is 25.0 Å². The van der Waals surface area contributed by atoms with Crippen molar-refractivity contribution in [1.82, 2.24) is 9.97 Å². The molecule has 0 bridgehead atoms. The molecule has 3 N–H and O–H groups in total. The number of aromatic nitrogens is 2. The monoisotopic (exact) mass is 247 g/mol. The summed E-state index contributed by atoms with van der Waals surface area (Å²) in [6.45, 7) is 7.24. The van der Waals surface area contributed by atoms with Crippen molar-refractivity contribution >= 4 is 11.6 Å². The lowest BCUT2D eigenvalue weighted by Crippen LogP contribution is -2.36. The van der Waals surface area contributed by atoms with Crippen LogP contribution in [0.1, 0.15) is 12.8 Å². The second kappa shape index (κ2) is 6.35. The molecular weight excluding hydrogens is 226 g/mol. The molecule has 1 aliphatic heterocycles. The number of nitrogens with zero attached hydrogens (tertiary/aromatic N) is 3. The number of nitrogens with two attached hydrogens (primary N) is 1. The van der Waals surface area contributed by atoms with Crippen LogP contribution in [0.4, 0.5) is 11.6 Å². The third-order valence-electron chi connectivity index (χ3n) is 3.35. The van der Waals surface area contributed by atoms with Gasteiger partial charge in [0.25, 0.3) is 0 Å². The van der Waals surface area contributed by atoms with Gasteiger partial charge in [-0.05, 0) is 25.3 Å². The van der Waals surface area contributed by atoms with Gasteiger partial charge in [0, 0.05) is 25.7 Å². The van der Waals surface area contributed by atoms with Crippen LogP contribution in [-0.2, 0) is 0 Å². The summed E-state index contributed by atoms with van der Waals surface area (Å²) < 4.78 is 0. The lowest BCUT2D eigenvalue weighted by atomic mass is 9.97. The Labute approximate surface area is 108 Å². The number of nitrogens with one attached hydrogen (secondary N) is 1. The fraction of sp³-hybridized carbons (Fsp3) is 0.538. The highest BCUT2D eigenvalue weighted by Crippen LogP contribution is 2.22. The van der Waals surface area contributed by atoms with Crippen molar-refractivity contribution in [2.75, 3.05) is 36.4 Å². The molecule has 0 aromatic carbocycles. The summed E-state index contributed by atoms with van der Waals surface area (Å²) in [5.74, 6) is 2.51. The summed E-state index contributed by atoms with van der Waals surface area (Å²) in [6.07, 6.45) is 5.72. The summed E-state index contributed by atoms with van der Waals surface area (Å²) in [4.78, 5) is 10.8. The number of piperidine rings is 1. The zero-order valence-corrected chi connectivity index (χ0v) is 10.7. The predicted molar refractivity (Wildman–Crippen MR) is 74.7 cm³/mol. The Kier molecular flexibility index (Phi) is 4.52. The van der Waals surface area contributed by atoms with Gasteiger partial charge in [-0.15, -0.1) is 6.58 Å². The molecule has 0 radical (unpaired) electrons. The Bertz CT molecular complexity index is 385. The second-order valence-electron chi connectivity index (χ2n) is 4.60. The second-order valence-corrected chi connectivity index (χ2v) is 4.60. The van der Waals surface area contributed by atoms with E-state index in [2.05, 4.69) is 26.8 Å². The maximum absolute atomic E-state index is 5.70. The first-order valence-electron chi connectivity index (χ1n) is 6.45. The molecule has 0 aliphatic carbocycles. The molecule has 0 spiro atoms. The molecule has 1 saturated heterocycles. The van der Waals surface area contributed by atoms with E-state index in [0.29, 0.717) is 12.5 Å². The summed E-state index contributed by atoms with van der Waals surface area (Å²) in [5.41, 5.74) is 5.70. The Morgan fingerprint density at radius 2 is 2.22 bits per heavy atom. The van der Waals surface area contributed by atoms with E-state index in [1.807, 2.05) is 12.1 Å². The molecule has 0 unspecified atom stereocenters. The van der Waals surface area contributed by atoms with Gasteiger partial charge < -0.3 is 16.0 Å². The third kappa shape index (κ3) is 3.20. The van der Waals surface area contributed by atoms with E-state index < -0.39 is 0 Å². The van der Waals surface area contributed by atoms with Crippen molar-refractivity contribution in [2.24, 2.45) is 11.7 Å². The van der Waals surface area contributed by atoms with E-state index in [-0.39, 0.29) is 0 Å². The van der Waals surface area contributed by atoms with Crippen LogP contribution in [0.3, 0.4) is 0 Å². The predicted octanol–water partition coefficient (Wildman–Crippen LogP) is 1.25. The first-order chi connectivity index (χ1) is 8.83. The summed E-state index contributed by atoms with van der Waals surface area (Å²) in [6, 6.07) is 1.99. The first-order valence-corrected chi connectivity index (χ1v) is 6.45. The van der Waals surface area contributed by atoms with Gasteiger partial charge in [0.15, 0.2) is 0 Å². The summed E-state index contributed by atoms with van der Waals surface area (Å²) in [7, 11) is 0. The zero-order chi connectivity index (χ0) is 12.8. The van der Waals surface area contributed by atoms with E-state index >= 15 is 0 Å². The minimum absolute atomic E-state index is 0.668. The maximum atomic E-state index is 5.70. The Hall–Kier alpha value is -1.62. The van der Waals surface area contributed by atoms with E-state index in [0.717, 1.165) is 44.1 Å². The van der Waals surface area contributed by atoms with Crippen LogP contribution in [0.2, 0.25) is 0 Å². The van der Waals surface area contributed by atoms with E-state index in [1.165, 1.54) is 0 Å². The SMILES string of the molecule is C=CCNc1cc(N2CCC(CN)CC2)ncn1. The average Bonchev–Trinajstić information content (AvgIpc) is 2.45. The van der Waals surface area contributed by atoms with E-state index in [9.17, 15) is 0 Å². The van der Waals surface area contributed by atoms with Crippen LogP contribution >= 0.6 is 0 Å². The number of rotatable bonds is 5. The van der Waals surface area contributed by atoms with Gasteiger partial charge in [0.2, 0.25) is 0 Å². The summed E-state index contributed by atoms with van der Waals surface area (Å²) in [5, 5.41) is 3.18. The fourth-order valence-corrected chi connectivity index (χ4v) is 2.19. The van der Waals surface area contributed by atoms with Gasteiger partial charge in [-0.1, -0.05) is 6.08 Å². The number of hydrogen-bond acceptors (Lipinski definition) is 5. The zero-order valence-electron chi connectivity index (χ0n) is 10.7. The van der Waals surface area contributed by atoms with Crippen LogP contribution in [-0.4, -0.2) is 36.1 Å². The van der Waals surface area contributed by atoms with E-state index in [4.69, 9.17) is 5.73 Å². The molecule has 5 heteroatoms. The van der Waals surface area contributed by atoms with Crippen molar-refractivity contribution in [3.05, 3.63) is 25.0 Å². The molecule has 2 rings (SSSR count). The lowest BCUT2D eigenvalue weighted by Gasteiger charge is -2.32. The van der Waals surface area contributed by atoms with Gasteiger partial charge >= 0.3 is 0 Å². The number of anilines is 2. The maximum Gasteiger partial charge on any atom is 0.134 e. The molecule has 98 valence electrons. The third-order valence-corrected chi connectivity index (χ3v) is 3.35. The van der Waals surface area contributed by atoms with Crippen LogP contribution in [0.25, 0.3) is 0 Å². The molecule has 1 aromatic rings. The van der Waals surface area contributed by atoms with Crippen LogP contribution < -0.4 is 16.0 Å². The minimum atomic E-state index is 0.668. The minimum Gasteiger partial charge on any atom is -0.366 e. The molecule has 1 aliphatic rings. The van der Waals surface area contributed by atoms with Crippen LogP contribution in [0, 0.1) is 5.92 Å². The van der Waals surface area contributed by atoms with Gasteiger partial charge in [0.05, 0.1) is 0 Å². The van der Waals surface area contributed by atoms with Crippen molar-refractivity contribution in [3.8, 4) is 0 Å². The molecule has 18 heavy (non-hydrogen) atoms. The topological polar surface area (TPSA) is 67.1 Å². The van der Waals surface area contributed by atoms with Gasteiger partial charge in [0.1, 0.15) is 18.0 Å². The molecule has 1 fully saturated rings. The highest BCUT2D eigenvalue weighted by atomic mass is 15.2. The standard InChI is InChI=1S/C13H21N5/c1-2-5-15-12-8-13(17-10-16-12)18-6-3-11(9-14)4-7-18/h2,8,10-11H,1,3-7,9,14H2,(H,15,16,17). The van der Waals surface area contributed by atoms with Gasteiger partial charge in [-0.25, -0.2) is 9.97 Å². The van der Waals surface area contributed by atoms with Crippen molar-refractivity contribution in [3.63, 3.8) is 0 Å². The quantitative estimate of drug-likeness (QED) is 0.767. The van der Waals surface area contributed by atoms with Gasteiger partial charge in [-0.2, -0.15) is 0 Å². The summed E-state index contributed by atoms with van der Waals surface area (Å²) >= 11 is 0. The Morgan fingerprint density at radius 3 is 2.89 bits per heavy atom. The molecule has 1 aromatic heterocycles. The Morgan fingerprint density at radius 1 is 1.44 bits per heavy atom. The highest BCUT2D eigenvalue weighted by molar-refractivity contribution is 5.48. The molecular formula is C13H21N5. The van der Waals surface area contributed by atoms with E-state index in [1.54, 1.807) is 6.33 Å². The Balaban J connectivity index is 1.98. The molecule has 0 amide bonds. The molecule has 2 heterocycles. The van der Waals surface area contributed by atoms with Crippen molar-refractivity contribution < 1.29 is 0 Å². The van der Waals surface area contributed by atoms with Gasteiger partial charge in [-0.3, -0.25) is 0 Å². The molecule has 0 saturated carbocycles. The first kappa shape index (κ1) is 12.8. The highest BCUT2D eigenvalue weighted by Gasteiger charge is 2.19. The normalized spacial score (nSPS) is 16.6. The van der Waals surface area contributed by atoms with Crippen molar-refractivity contribution in [1.29, 1.82) is 0 Å². The largest absolute Gasteiger partial charge is 0.366 e. The molecule has 5 nitrogen and oxygen atoms in total. The smallest absolute Gasteiger partial charge is 0.134 e. The average molecular weight is 247 g/mol. The number of hydrogen-bond donors (Lipinski definition) is 2.